The summed E-state index contributed by atoms with van der Waals surface area (Å²) in [5.41, 5.74) is 9.72. The van der Waals surface area contributed by atoms with E-state index in [9.17, 15) is 32.5 Å². The van der Waals surface area contributed by atoms with E-state index in [-0.39, 0.29) is 59.0 Å². The second kappa shape index (κ2) is 13.1. The van der Waals surface area contributed by atoms with E-state index >= 15 is 0 Å². The van der Waals surface area contributed by atoms with Crippen molar-refractivity contribution in [3.05, 3.63) is 23.0 Å². The Kier molecular flexibility index (Phi) is 9.66. The van der Waals surface area contributed by atoms with Crippen molar-refractivity contribution in [3.8, 4) is 0 Å². The van der Waals surface area contributed by atoms with E-state index in [1.54, 1.807) is 0 Å². The summed E-state index contributed by atoms with van der Waals surface area (Å²) in [7, 11) is -5.10. The molecule has 0 radical (unpaired) electrons. The normalized spacial score (nSPS) is 20.4. The fourth-order valence-corrected chi connectivity index (χ4v) is 5.46. The van der Waals surface area contributed by atoms with E-state index in [2.05, 4.69) is 36.3 Å². The van der Waals surface area contributed by atoms with E-state index in [0.29, 0.717) is 5.69 Å². The van der Waals surface area contributed by atoms with Crippen molar-refractivity contribution in [2.75, 3.05) is 5.73 Å². The zero-order chi connectivity index (χ0) is 32.2. The third-order valence-electron chi connectivity index (χ3n) is 6.92. The third kappa shape index (κ3) is 7.94. The summed E-state index contributed by atoms with van der Waals surface area (Å²) in [6.45, 7) is 1.03. The summed E-state index contributed by atoms with van der Waals surface area (Å²) in [6.07, 6.45) is 3.06. The maximum Gasteiger partial charge on any atom is 0.362 e. The molecule has 0 saturated heterocycles. The van der Waals surface area contributed by atoms with Gasteiger partial charge in [0.2, 0.25) is 12.0 Å². The molecule has 240 valence electrons. The van der Waals surface area contributed by atoms with Crippen molar-refractivity contribution in [3.63, 3.8) is 0 Å². The number of oxime groups is 1. The van der Waals surface area contributed by atoms with Crippen molar-refractivity contribution in [2.24, 2.45) is 10.9 Å². The van der Waals surface area contributed by atoms with Gasteiger partial charge in [-0.15, -0.1) is 11.3 Å². The lowest BCUT2D eigenvalue weighted by Crippen LogP contribution is -2.55. The van der Waals surface area contributed by atoms with Crippen LogP contribution in [0.25, 0.3) is 0 Å². The van der Waals surface area contributed by atoms with Crippen LogP contribution in [0.1, 0.15) is 44.0 Å². The molecule has 0 bridgehead atoms. The number of amides is 2. The van der Waals surface area contributed by atoms with Crippen LogP contribution in [-0.4, -0.2) is 102 Å². The number of carbonyl (C=O) groups is 3. The quantitative estimate of drug-likeness (QED) is 0.0325. The molecule has 2 saturated carbocycles. The number of anilines is 1. The molecule has 2 aliphatic rings. The first kappa shape index (κ1) is 32.5. The number of nitrogens with one attached hydrogen (secondary N) is 4. The average Bonchev–Trinajstić information content (AvgIpc) is 3.39. The number of carboxylic acids is 1. The minimum absolute atomic E-state index is 0.0388. The Hall–Kier alpha value is -4.41. The molecule has 2 atom stereocenters. The highest BCUT2D eigenvalue weighted by Gasteiger charge is 2.54. The first-order chi connectivity index (χ1) is 20.7. The van der Waals surface area contributed by atoms with Gasteiger partial charge in [-0.1, -0.05) is 5.16 Å². The number of guanidine groups is 1. The molecule has 10 N–H and O–H groups in total. The Labute approximate surface area is 254 Å². The van der Waals surface area contributed by atoms with Crippen molar-refractivity contribution in [1.82, 2.24) is 40.2 Å². The highest BCUT2D eigenvalue weighted by atomic mass is 32.2. The highest BCUT2D eigenvalue weighted by Crippen LogP contribution is 2.40. The predicted octanol–water partition coefficient (Wildman–Crippen LogP) is -2.41. The zero-order valence-corrected chi connectivity index (χ0v) is 24.9. The number of carbonyl (C=O) groups excluding carboxylic acids is 2. The van der Waals surface area contributed by atoms with Gasteiger partial charge in [-0.2, -0.15) is 23.4 Å². The Morgan fingerprint density at radius 2 is 2.11 bits per heavy atom. The number of hydrogen-bond donors (Lipinski definition) is 8. The van der Waals surface area contributed by atoms with Gasteiger partial charge in [0, 0.05) is 36.3 Å². The molecule has 20 nitrogen and oxygen atoms in total. The average molecular weight is 657 g/mol. The minimum Gasteiger partial charge on any atom is -0.478 e. The van der Waals surface area contributed by atoms with E-state index in [0.717, 1.165) is 29.0 Å². The molecule has 0 spiro atoms. The standard InChI is InChI=1S/C22H32N12O8S2/c1-11(28-18(36)17(15-9-43-21(25)30-15)32-42-22(2-3-22)19(37)38)16(33(10-35)44(39,40)41)8-34-27-7-14(31-34)6-26-20(24)29-13-4-12(23)5-13/h7,9-13,16H,2-6,8,23H2,1H3,(H2,25,30)(H,28,36)(H,37,38)(H3,24,26,29)(H,39,40,41)/b32-17-/t11?,12-,13+,16?. The van der Waals surface area contributed by atoms with Gasteiger partial charge < -0.3 is 37.4 Å². The Balaban J connectivity index is 1.48. The summed E-state index contributed by atoms with van der Waals surface area (Å²) < 4.78 is 34.0. The molecule has 0 aromatic carbocycles. The second-order valence-corrected chi connectivity index (χ2v) is 12.5. The number of nitrogens with two attached hydrogens (primary N) is 2. The summed E-state index contributed by atoms with van der Waals surface area (Å²) in [4.78, 5) is 46.8. The molecular weight excluding hydrogens is 624 g/mol. The monoisotopic (exact) mass is 656 g/mol. The molecule has 2 unspecified atom stereocenters. The Bertz CT molecular complexity index is 1530. The van der Waals surface area contributed by atoms with E-state index in [1.807, 2.05) is 0 Å². The largest absolute Gasteiger partial charge is 0.478 e. The fraction of sp³-hybridized carbons (Fsp3) is 0.545. The van der Waals surface area contributed by atoms with Crippen LogP contribution in [0.4, 0.5) is 5.13 Å². The maximum absolute atomic E-state index is 13.3. The summed E-state index contributed by atoms with van der Waals surface area (Å²) in [5, 5.41) is 39.2. The number of nitrogens with zero attached hydrogens (tertiary/aromatic N) is 6. The van der Waals surface area contributed by atoms with Crippen LogP contribution in [-0.2, 0) is 42.6 Å². The lowest BCUT2D eigenvalue weighted by atomic mass is 9.88. The van der Waals surface area contributed by atoms with Crippen LogP contribution in [0.2, 0.25) is 0 Å². The van der Waals surface area contributed by atoms with Gasteiger partial charge >= 0.3 is 16.3 Å². The summed E-state index contributed by atoms with van der Waals surface area (Å²) >= 11 is 0.979. The Morgan fingerprint density at radius 3 is 2.66 bits per heavy atom. The van der Waals surface area contributed by atoms with Crippen LogP contribution in [0.15, 0.2) is 16.7 Å². The topological polar surface area (TPSA) is 306 Å². The molecule has 2 fully saturated rings. The minimum atomic E-state index is -5.10. The molecule has 2 heterocycles. The number of hydrogen-bond acceptors (Lipinski definition) is 14. The van der Waals surface area contributed by atoms with Gasteiger partial charge in [0.1, 0.15) is 11.4 Å². The molecule has 22 heteroatoms. The SMILES string of the molecule is CC(NC(=O)/C(=N\OC1(C(=O)O)CC1)c1csc(N)n1)C(Cn1ncc(CNC(=N)N[C@H]2C[C@@H](N)C2)n1)N(C=O)S(=O)(=O)O. The van der Waals surface area contributed by atoms with Crippen LogP contribution >= 0.6 is 11.3 Å². The van der Waals surface area contributed by atoms with Crippen molar-refractivity contribution in [2.45, 2.75) is 75.5 Å². The molecule has 44 heavy (non-hydrogen) atoms. The van der Waals surface area contributed by atoms with Gasteiger partial charge in [-0.05, 0) is 19.8 Å². The van der Waals surface area contributed by atoms with Gasteiger partial charge in [0.15, 0.2) is 16.8 Å². The molecule has 0 aliphatic heterocycles. The molecular formula is C22H32N12O8S2. The third-order valence-corrected chi connectivity index (χ3v) is 8.49. The lowest BCUT2D eigenvalue weighted by Gasteiger charge is -2.33. The number of carboxylic acid groups (broad SMARTS) is 1. The van der Waals surface area contributed by atoms with Gasteiger partial charge in [-0.3, -0.25) is 19.6 Å². The van der Waals surface area contributed by atoms with E-state index in [4.69, 9.17) is 21.7 Å². The molecule has 2 aliphatic carbocycles. The number of nitrogen functional groups attached to an aromatic ring is 1. The smallest absolute Gasteiger partial charge is 0.362 e. The number of thiazole rings is 1. The maximum atomic E-state index is 13.3. The second-order valence-electron chi connectivity index (χ2n) is 10.3. The number of rotatable bonds is 15. The van der Waals surface area contributed by atoms with Gasteiger partial charge in [-0.25, -0.2) is 14.1 Å². The van der Waals surface area contributed by atoms with Crippen molar-refractivity contribution < 1.29 is 37.3 Å². The van der Waals surface area contributed by atoms with E-state index in [1.165, 1.54) is 18.5 Å². The molecule has 2 amide bonds. The van der Waals surface area contributed by atoms with E-state index < -0.39 is 52.1 Å². The van der Waals surface area contributed by atoms with Crippen LogP contribution in [0.3, 0.4) is 0 Å². The predicted molar refractivity (Wildman–Crippen MR) is 153 cm³/mol. The highest BCUT2D eigenvalue weighted by molar-refractivity contribution is 7.83. The van der Waals surface area contributed by atoms with Crippen LogP contribution < -0.4 is 27.4 Å². The number of aliphatic carboxylic acids is 1. The first-order valence-corrected chi connectivity index (χ1v) is 15.4. The number of aromatic nitrogens is 4. The zero-order valence-electron chi connectivity index (χ0n) is 23.3. The molecule has 4 rings (SSSR count). The van der Waals surface area contributed by atoms with Gasteiger partial charge in [0.25, 0.3) is 5.91 Å². The fourth-order valence-electron chi connectivity index (χ4n) is 4.21. The van der Waals surface area contributed by atoms with Crippen molar-refractivity contribution >= 4 is 56.7 Å². The summed E-state index contributed by atoms with van der Waals surface area (Å²) in [6, 6.07) is -2.45. The summed E-state index contributed by atoms with van der Waals surface area (Å²) in [5.74, 6) is -2.17. The van der Waals surface area contributed by atoms with Crippen LogP contribution in [0, 0.1) is 5.41 Å². The molecule has 2 aromatic heterocycles. The molecule has 2 aromatic rings. The lowest BCUT2D eigenvalue weighted by molar-refractivity contribution is -0.153. The van der Waals surface area contributed by atoms with Gasteiger partial charge in [0.05, 0.1) is 25.3 Å². The first-order valence-electron chi connectivity index (χ1n) is 13.2. The Morgan fingerprint density at radius 1 is 1.41 bits per heavy atom. The van der Waals surface area contributed by atoms with Crippen LogP contribution in [0.5, 0.6) is 0 Å². The van der Waals surface area contributed by atoms with Crippen molar-refractivity contribution in [1.29, 1.82) is 5.41 Å².